The molecule has 1 atom stereocenters. The van der Waals surface area contributed by atoms with Crippen molar-refractivity contribution < 1.29 is 12.6 Å². The van der Waals surface area contributed by atoms with Crippen molar-refractivity contribution in [3.8, 4) is 0 Å². The number of nitrogens with one attached hydrogen (secondary N) is 1. The summed E-state index contributed by atoms with van der Waals surface area (Å²) in [7, 11) is -4.83. The van der Waals surface area contributed by atoms with Gasteiger partial charge in [-0.15, -0.1) is 0 Å². The van der Waals surface area contributed by atoms with E-state index in [1.807, 2.05) is 67.6 Å². The van der Waals surface area contributed by atoms with Crippen LogP contribution in [0.5, 0.6) is 0 Å². The summed E-state index contributed by atoms with van der Waals surface area (Å²) in [5.74, 6) is 0.318. The Morgan fingerprint density at radius 2 is 1.64 bits per heavy atom. The summed E-state index contributed by atoms with van der Waals surface area (Å²) in [4.78, 5) is 0.745. The summed E-state index contributed by atoms with van der Waals surface area (Å²) in [5.41, 5.74) is 3.16. The van der Waals surface area contributed by atoms with Crippen LogP contribution in [0, 0.1) is 6.92 Å². The maximum absolute atomic E-state index is 12.5. The Morgan fingerprint density at radius 1 is 0.929 bits per heavy atom. The smallest absolute Gasteiger partial charge is 0.255 e. The minimum atomic E-state index is -3.65. The van der Waals surface area contributed by atoms with Crippen molar-refractivity contribution in [3.63, 3.8) is 0 Å². The van der Waals surface area contributed by atoms with Gasteiger partial charge in [-0.1, -0.05) is 60.2 Å². The van der Waals surface area contributed by atoms with E-state index in [1.165, 1.54) is 0 Å². The van der Waals surface area contributed by atoms with Crippen molar-refractivity contribution in [2.75, 3.05) is 4.72 Å². The predicted molar refractivity (Wildman–Crippen MR) is 116 cm³/mol. The number of sulfonamides is 1. The first-order valence-electron chi connectivity index (χ1n) is 8.71. The summed E-state index contributed by atoms with van der Waals surface area (Å²) < 4.78 is 39.7. The normalized spacial score (nSPS) is 12.8. The lowest BCUT2D eigenvalue weighted by molar-refractivity contribution is 0.609. The molecule has 3 aromatic rings. The first-order chi connectivity index (χ1) is 13.4. The highest BCUT2D eigenvalue weighted by Gasteiger charge is 2.09. The van der Waals surface area contributed by atoms with Crippen molar-refractivity contribution in [1.82, 2.24) is 0 Å². The predicted octanol–water partition coefficient (Wildman–Crippen LogP) is 4.72. The van der Waals surface area contributed by atoms with Gasteiger partial charge in [0.2, 0.25) is 0 Å². The van der Waals surface area contributed by atoms with E-state index >= 15 is 0 Å². The van der Waals surface area contributed by atoms with Crippen molar-refractivity contribution >= 4 is 32.6 Å². The van der Waals surface area contributed by atoms with Gasteiger partial charge in [0.15, 0.2) is 0 Å². The second-order valence-electron chi connectivity index (χ2n) is 6.36. The van der Waals surface area contributed by atoms with E-state index in [0.717, 1.165) is 27.0 Å². The molecule has 0 radical (unpaired) electrons. The molecule has 6 heteroatoms. The lowest BCUT2D eigenvalue weighted by Crippen LogP contribution is -2.09. The van der Waals surface area contributed by atoms with Crippen molar-refractivity contribution in [1.29, 1.82) is 0 Å². The SMILES string of the molecule is Cc1ccc(/C=C/S(=O)(=O)Nc2cccc(CS(=O)c3ccccc3)c2)cc1. The number of aryl methyl sites for hydroxylation is 1. The average molecular weight is 412 g/mol. The molecule has 0 amide bonds. The van der Waals surface area contributed by atoms with E-state index in [9.17, 15) is 12.6 Å². The van der Waals surface area contributed by atoms with E-state index in [2.05, 4.69) is 4.72 Å². The Bertz CT molecular complexity index is 1090. The van der Waals surface area contributed by atoms with E-state index < -0.39 is 20.8 Å². The molecule has 144 valence electrons. The van der Waals surface area contributed by atoms with Gasteiger partial charge in [0.1, 0.15) is 0 Å². The minimum Gasteiger partial charge on any atom is -0.280 e. The molecule has 0 saturated carbocycles. The summed E-state index contributed by atoms with van der Waals surface area (Å²) in [5, 5.41) is 1.15. The maximum atomic E-state index is 12.5. The highest BCUT2D eigenvalue weighted by atomic mass is 32.2. The molecule has 3 rings (SSSR count). The van der Waals surface area contributed by atoms with Crippen molar-refractivity contribution in [2.24, 2.45) is 0 Å². The fourth-order valence-corrected chi connectivity index (χ4v) is 4.55. The summed E-state index contributed by atoms with van der Waals surface area (Å²) >= 11 is 0. The fourth-order valence-electron chi connectivity index (χ4n) is 2.58. The van der Waals surface area contributed by atoms with Gasteiger partial charge in [0, 0.05) is 10.6 Å². The van der Waals surface area contributed by atoms with Crippen LogP contribution in [0.25, 0.3) is 6.08 Å². The van der Waals surface area contributed by atoms with Crippen LogP contribution in [-0.2, 0) is 26.6 Å². The minimum absolute atomic E-state index is 0.318. The first kappa shape index (κ1) is 20.0. The second kappa shape index (κ2) is 8.99. The molecule has 0 aromatic heterocycles. The lowest BCUT2D eigenvalue weighted by Gasteiger charge is -2.07. The Labute approximate surface area is 168 Å². The quantitative estimate of drug-likeness (QED) is 0.612. The molecule has 0 bridgehead atoms. The van der Waals surface area contributed by atoms with Gasteiger partial charge >= 0.3 is 0 Å². The molecule has 4 nitrogen and oxygen atoms in total. The van der Waals surface area contributed by atoms with E-state index in [4.69, 9.17) is 0 Å². The summed E-state index contributed by atoms with van der Waals surface area (Å²) in [6.45, 7) is 1.98. The number of anilines is 1. The molecule has 0 saturated heterocycles. The maximum Gasteiger partial charge on any atom is 0.255 e. The highest BCUT2D eigenvalue weighted by Crippen LogP contribution is 2.17. The van der Waals surface area contributed by atoms with E-state index in [1.54, 1.807) is 24.3 Å². The van der Waals surface area contributed by atoms with Crippen molar-refractivity contribution in [2.45, 2.75) is 17.6 Å². The van der Waals surface area contributed by atoms with Gasteiger partial charge in [0.05, 0.1) is 22.0 Å². The van der Waals surface area contributed by atoms with Crippen LogP contribution < -0.4 is 4.72 Å². The van der Waals surface area contributed by atoms with E-state index in [-0.39, 0.29) is 0 Å². The third-order valence-corrected chi connectivity index (χ3v) is 6.42. The topological polar surface area (TPSA) is 63.2 Å². The lowest BCUT2D eigenvalue weighted by atomic mass is 10.2. The molecule has 0 aliphatic carbocycles. The Morgan fingerprint density at radius 3 is 2.36 bits per heavy atom. The first-order valence-corrected chi connectivity index (χ1v) is 11.6. The van der Waals surface area contributed by atoms with Gasteiger partial charge in [-0.3, -0.25) is 8.93 Å². The van der Waals surface area contributed by atoms with Crippen LogP contribution in [0.4, 0.5) is 5.69 Å². The van der Waals surface area contributed by atoms with Crippen LogP contribution in [0.2, 0.25) is 0 Å². The van der Waals surface area contributed by atoms with Gasteiger partial charge < -0.3 is 0 Å². The van der Waals surface area contributed by atoms with Crippen LogP contribution >= 0.6 is 0 Å². The van der Waals surface area contributed by atoms with Gasteiger partial charge in [-0.25, -0.2) is 8.42 Å². The number of hydrogen-bond acceptors (Lipinski definition) is 3. The van der Waals surface area contributed by atoms with Crippen LogP contribution in [0.15, 0.2) is 89.2 Å². The van der Waals surface area contributed by atoms with Gasteiger partial charge in [-0.2, -0.15) is 0 Å². The summed E-state index contributed by atoms with van der Waals surface area (Å²) in [6.07, 6.45) is 1.55. The largest absolute Gasteiger partial charge is 0.280 e. The molecular weight excluding hydrogens is 390 g/mol. The Kier molecular flexibility index (Phi) is 6.44. The van der Waals surface area contributed by atoms with Crippen LogP contribution in [0.3, 0.4) is 0 Å². The molecule has 1 N–H and O–H groups in total. The third-order valence-electron chi connectivity index (χ3n) is 4.01. The zero-order valence-corrected chi connectivity index (χ0v) is 17.0. The fraction of sp³-hybridized carbons (Fsp3) is 0.0909. The molecule has 0 heterocycles. The number of benzene rings is 3. The zero-order valence-electron chi connectivity index (χ0n) is 15.4. The molecule has 3 aromatic carbocycles. The molecule has 0 spiro atoms. The zero-order chi connectivity index (χ0) is 20.0. The third kappa shape index (κ3) is 5.90. The monoisotopic (exact) mass is 411 g/mol. The molecule has 28 heavy (non-hydrogen) atoms. The van der Waals surface area contributed by atoms with Crippen molar-refractivity contribution in [3.05, 3.63) is 101 Å². The number of hydrogen-bond donors (Lipinski definition) is 1. The molecule has 0 aliphatic rings. The van der Waals surface area contributed by atoms with Gasteiger partial charge in [-0.05, 0) is 48.4 Å². The second-order valence-corrected chi connectivity index (χ2v) is 9.38. The molecule has 1 unspecified atom stereocenters. The standard InChI is InChI=1S/C22H21NO3S2/c1-18-10-12-19(13-11-18)14-15-28(25,26)23-21-7-5-6-20(16-21)17-27(24)22-8-3-2-4-9-22/h2-16,23H,17H2,1H3/b15-14+. The van der Waals surface area contributed by atoms with Crippen LogP contribution in [-0.4, -0.2) is 12.6 Å². The highest BCUT2D eigenvalue weighted by molar-refractivity contribution is 7.95. The van der Waals surface area contributed by atoms with E-state index in [0.29, 0.717) is 11.4 Å². The van der Waals surface area contributed by atoms with Gasteiger partial charge in [0.25, 0.3) is 10.0 Å². The van der Waals surface area contributed by atoms with Crippen LogP contribution in [0.1, 0.15) is 16.7 Å². The average Bonchev–Trinajstić information content (AvgIpc) is 2.68. The Balaban J connectivity index is 1.69. The Hall–Kier alpha value is -2.70. The molecule has 0 fully saturated rings. The molecule has 0 aliphatic heterocycles. The summed E-state index contributed by atoms with van der Waals surface area (Å²) in [6, 6.07) is 23.7. The number of rotatable bonds is 7. The molecular formula is C22H21NO3S2.